The number of para-hydroxylation sites is 1. The van der Waals surface area contributed by atoms with Gasteiger partial charge in [-0.15, -0.1) is 0 Å². The van der Waals surface area contributed by atoms with Crippen LogP contribution in [0.4, 0.5) is 5.69 Å². The second kappa shape index (κ2) is 6.03. The maximum atomic E-state index is 12.4. The zero-order valence-electron chi connectivity index (χ0n) is 12.5. The Morgan fingerprint density at radius 1 is 1.24 bits per heavy atom. The summed E-state index contributed by atoms with van der Waals surface area (Å²) in [7, 11) is 0. The zero-order valence-corrected chi connectivity index (χ0v) is 12.5. The minimum absolute atomic E-state index is 0.135. The summed E-state index contributed by atoms with van der Waals surface area (Å²) in [6, 6.07) is 8.17. The number of benzene rings is 1. The molecule has 0 aromatic heterocycles. The van der Waals surface area contributed by atoms with Gasteiger partial charge < -0.3 is 20.2 Å². The van der Waals surface area contributed by atoms with Crippen molar-refractivity contribution in [3.05, 3.63) is 29.8 Å². The smallest absolute Gasteiger partial charge is 0.239 e. The van der Waals surface area contributed by atoms with Crippen molar-refractivity contribution in [1.82, 2.24) is 10.2 Å². The molecule has 0 radical (unpaired) electrons. The molecular weight excluding hydrogens is 266 g/mol. The highest BCUT2D eigenvalue weighted by molar-refractivity contribution is 5.82. The van der Waals surface area contributed by atoms with Gasteiger partial charge in [-0.05, 0) is 25.0 Å². The molecule has 114 valence electrons. The molecule has 2 fully saturated rings. The topological polar surface area (TPSA) is 55.8 Å². The lowest BCUT2D eigenvalue weighted by atomic mass is 10.1. The second-order valence-corrected chi connectivity index (χ2v) is 5.95. The van der Waals surface area contributed by atoms with E-state index in [1.54, 1.807) is 0 Å². The van der Waals surface area contributed by atoms with Crippen LogP contribution in [0.3, 0.4) is 0 Å². The average molecular weight is 289 g/mol. The molecule has 2 atom stereocenters. The van der Waals surface area contributed by atoms with Gasteiger partial charge in [0.25, 0.3) is 0 Å². The molecule has 0 spiro atoms. The van der Waals surface area contributed by atoms with Gasteiger partial charge in [0, 0.05) is 38.4 Å². The van der Waals surface area contributed by atoms with Gasteiger partial charge in [-0.3, -0.25) is 4.79 Å². The van der Waals surface area contributed by atoms with E-state index in [1.165, 1.54) is 11.3 Å². The van der Waals surface area contributed by atoms with Crippen molar-refractivity contribution in [3.8, 4) is 0 Å². The van der Waals surface area contributed by atoms with Crippen LogP contribution in [0, 0.1) is 6.92 Å². The van der Waals surface area contributed by atoms with Crippen LogP contribution in [-0.2, 0) is 4.79 Å². The molecule has 21 heavy (non-hydrogen) atoms. The lowest BCUT2D eigenvalue weighted by Gasteiger charge is -2.37. The van der Waals surface area contributed by atoms with Gasteiger partial charge in [-0.2, -0.15) is 0 Å². The Bertz CT molecular complexity index is 512. The third-order valence-corrected chi connectivity index (χ3v) is 4.45. The maximum absolute atomic E-state index is 12.4. The van der Waals surface area contributed by atoms with Crippen molar-refractivity contribution >= 4 is 11.6 Å². The molecule has 2 aliphatic rings. The fourth-order valence-electron chi connectivity index (χ4n) is 3.21. The lowest BCUT2D eigenvalue weighted by molar-refractivity contribution is -0.133. The van der Waals surface area contributed by atoms with Crippen molar-refractivity contribution in [3.63, 3.8) is 0 Å². The zero-order chi connectivity index (χ0) is 14.8. The number of nitrogens with one attached hydrogen (secondary N) is 1. The van der Waals surface area contributed by atoms with Crippen LogP contribution in [0.5, 0.6) is 0 Å². The molecule has 0 unspecified atom stereocenters. The summed E-state index contributed by atoms with van der Waals surface area (Å²) >= 11 is 0. The molecule has 5 nitrogen and oxygen atoms in total. The summed E-state index contributed by atoms with van der Waals surface area (Å²) in [6.07, 6.45) is 0.156. The van der Waals surface area contributed by atoms with Gasteiger partial charge in [0.05, 0.1) is 12.1 Å². The fraction of sp³-hybridized carbons (Fsp3) is 0.562. The van der Waals surface area contributed by atoms with Crippen molar-refractivity contribution in [1.29, 1.82) is 0 Å². The molecule has 5 heteroatoms. The van der Waals surface area contributed by atoms with E-state index >= 15 is 0 Å². The van der Waals surface area contributed by atoms with Crippen molar-refractivity contribution in [2.45, 2.75) is 25.5 Å². The third kappa shape index (κ3) is 3.04. The Balaban J connectivity index is 1.58. The predicted molar refractivity (Wildman–Crippen MR) is 82.4 cm³/mol. The van der Waals surface area contributed by atoms with Gasteiger partial charge in [-0.25, -0.2) is 0 Å². The van der Waals surface area contributed by atoms with E-state index in [-0.39, 0.29) is 18.1 Å². The van der Waals surface area contributed by atoms with Crippen molar-refractivity contribution in [2.75, 3.05) is 37.6 Å². The lowest BCUT2D eigenvalue weighted by Crippen LogP contribution is -2.53. The Morgan fingerprint density at radius 2 is 1.95 bits per heavy atom. The summed E-state index contributed by atoms with van der Waals surface area (Å²) < 4.78 is 0. The molecule has 1 amide bonds. The number of hydrogen-bond acceptors (Lipinski definition) is 4. The number of nitrogens with zero attached hydrogens (tertiary/aromatic N) is 2. The number of hydrogen-bond donors (Lipinski definition) is 2. The van der Waals surface area contributed by atoms with Crippen LogP contribution in [0.25, 0.3) is 0 Å². The first-order valence-electron chi connectivity index (χ1n) is 7.66. The number of piperazine rings is 1. The number of carbonyl (C=O) groups is 1. The summed E-state index contributed by atoms with van der Waals surface area (Å²) in [5.41, 5.74) is 2.54. The fourth-order valence-corrected chi connectivity index (χ4v) is 3.21. The first-order chi connectivity index (χ1) is 10.1. The molecule has 1 aromatic carbocycles. The van der Waals surface area contributed by atoms with E-state index in [1.807, 2.05) is 4.90 Å². The number of rotatable bonds is 2. The summed E-state index contributed by atoms with van der Waals surface area (Å²) in [5, 5.41) is 12.6. The maximum Gasteiger partial charge on any atom is 0.239 e. The van der Waals surface area contributed by atoms with E-state index < -0.39 is 0 Å². The highest BCUT2D eigenvalue weighted by atomic mass is 16.3. The van der Waals surface area contributed by atoms with Crippen LogP contribution in [0.15, 0.2) is 24.3 Å². The Kier molecular flexibility index (Phi) is 4.12. The van der Waals surface area contributed by atoms with Gasteiger partial charge in [-0.1, -0.05) is 18.2 Å². The monoisotopic (exact) mass is 289 g/mol. The number of carbonyl (C=O) groups excluding carboxylic acids is 1. The van der Waals surface area contributed by atoms with Gasteiger partial charge in [0.15, 0.2) is 0 Å². The van der Waals surface area contributed by atoms with Crippen LogP contribution in [0.1, 0.15) is 12.0 Å². The number of β-amino-alcohol motifs (C(OH)–C–C–N with tert-alkyl or cyclic N) is 1. The largest absolute Gasteiger partial charge is 0.392 e. The first-order valence-corrected chi connectivity index (χ1v) is 7.66. The van der Waals surface area contributed by atoms with Gasteiger partial charge >= 0.3 is 0 Å². The quantitative estimate of drug-likeness (QED) is 0.826. The summed E-state index contributed by atoms with van der Waals surface area (Å²) in [4.78, 5) is 16.7. The minimum Gasteiger partial charge on any atom is -0.392 e. The summed E-state index contributed by atoms with van der Waals surface area (Å²) in [5.74, 6) is 0.135. The standard InChI is InChI=1S/C16H23N3O2/c1-12-4-2-3-5-15(12)18-6-8-19(9-7-18)16(21)14-10-13(20)11-17-14/h2-5,13-14,17,20H,6-11H2,1H3/t13-,14+/m0/s1. The average Bonchev–Trinajstić information content (AvgIpc) is 2.94. The molecule has 1 aromatic rings. The molecular formula is C16H23N3O2. The molecule has 2 heterocycles. The Morgan fingerprint density at radius 3 is 2.57 bits per heavy atom. The van der Waals surface area contributed by atoms with E-state index in [4.69, 9.17) is 0 Å². The number of aliphatic hydroxyl groups excluding tert-OH is 1. The molecule has 2 saturated heterocycles. The molecule has 2 aliphatic heterocycles. The number of anilines is 1. The van der Waals surface area contributed by atoms with Gasteiger partial charge in [0.2, 0.25) is 5.91 Å². The third-order valence-electron chi connectivity index (χ3n) is 4.45. The van der Waals surface area contributed by atoms with Crippen LogP contribution >= 0.6 is 0 Å². The highest BCUT2D eigenvalue weighted by Crippen LogP contribution is 2.21. The van der Waals surface area contributed by atoms with E-state index in [9.17, 15) is 9.90 Å². The molecule has 2 N–H and O–H groups in total. The molecule has 0 aliphatic carbocycles. The second-order valence-electron chi connectivity index (χ2n) is 5.95. The Hall–Kier alpha value is -1.59. The molecule has 3 rings (SSSR count). The summed E-state index contributed by atoms with van der Waals surface area (Å²) in [6.45, 7) is 5.89. The number of aryl methyl sites for hydroxylation is 1. The highest BCUT2D eigenvalue weighted by Gasteiger charge is 2.32. The molecule has 0 bridgehead atoms. The van der Waals surface area contributed by atoms with Crippen molar-refractivity contribution < 1.29 is 9.90 Å². The Labute approximate surface area is 125 Å². The predicted octanol–water partition coefficient (Wildman–Crippen LogP) is 0.366. The number of amides is 1. The SMILES string of the molecule is Cc1ccccc1N1CCN(C(=O)[C@H]2C[C@H](O)CN2)CC1. The first kappa shape index (κ1) is 14.4. The molecule has 0 saturated carbocycles. The minimum atomic E-state index is -0.382. The number of aliphatic hydroxyl groups is 1. The van der Waals surface area contributed by atoms with Crippen LogP contribution < -0.4 is 10.2 Å². The van der Waals surface area contributed by atoms with E-state index in [2.05, 4.69) is 41.4 Å². The van der Waals surface area contributed by atoms with Crippen LogP contribution in [-0.4, -0.2) is 60.8 Å². The van der Waals surface area contributed by atoms with E-state index in [0.29, 0.717) is 13.0 Å². The van der Waals surface area contributed by atoms with Crippen LogP contribution in [0.2, 0.25) is 0 Å². The van der Waals surface area contributed by atoms with E-state index in [0.717, 1.165) is 26.2 Å². The van der Waals surface area contributed by atoms with Crippen molar-refractivity contribution in [2.24, 2.45) is 0 Å². The van der Waals surface area contributed by atoms with Gasteiger partial charge in [0.1, 0.15) is 0 Å². The normalized spacial score (nSPS) is 26.2.